The fraction of sp³-hybridized carbons (Fsp3) is 0.250. The summed E-state index contributed by atoms with van der Waals surface area (Å²) in [7, 11) is 1.68. The van der Waals surface area contributed by atoms with E-state index in [1.807, 2.05) is 48.8 Å². The predicted molar refractivity (Wildman–Crippen MR) is 96.4 cm³/mol. The second-order valence-corrected chi connectivity index (χ2v) is 6.10. The second kappa shape index (κ2) is 6.99. The summed E-state index contributed by atoms with van der Waals surface area (Å²) in [4.78, 5) is 4.42. The Morgan fingerprint density at radius 1 is 1.20 bits per heavy atom. The highest BCUT2D eigenvalue weighted by molar-refractivity contribution is 5.48. The van der Waals surface area contributed by atoms with Gasteiger partial charge in [-0.3, -0.25) is 0 Å². The predicted octanol–water partition coefficient (Wildman–Crippen LogP) is 2.97. The lowest BCUT2D eigenvalue weighted by Crippen LogP contribution is -2.39. The summed E-state index contributed by atoms with van der Waals surface area (Å²) in [6, 6.07) is 16.4. The number of fused-ring (bicyclic) bond motifs is 1. The van der Waals surface area contributed by atoms with E-state index in [4.69, 9.17) is 9.47 Å². The van der Waals surface area contributed by atoms with Crippen molar-refractivity contribution < 1.29 is 9.47 Å². The molecule has 0 spiro atoms. The average Bonchev–Trinajstić information content (AvgIpc) is 3.15. The van der Waals surface area contributed by atoms with Crippen LogP contribution in [0.25, 0.3) is 5.82 Å². The number of aromatic nitrogens is 2. The highest BCUT2D eigenvalue weighted by atomic mass is 16.5. The molecule has 1 atom stereocenters. The number of ether oxygens (including phenoxy) is 2. The molecule has 0 fully saturated rings. The van der Waals surface area contributed by atoms with Crippen LogP contribution < -0.4 is 14.8 Å². The van der Waals surface area contributed by atoms with E-state index in [2.05, 4.69) is 27.0 Å². The van der Waals surface area contributed by atoms with Crippen LogP contribution in [0.2, 0.25) is 0 Å². The first kappa shape index (κ1) is 15.7. The molecule has 0 radical (unpaired) electrons. The van der Waals surface area contributed by atoms with E-state index in [-0.39, 0.29) is 6.04 Å². The molecule has 0 amide bonds. The van der Waals surface area contributed by atoms with Crippen LogP contribution in [0.4, 0.5) is 0 Å². The summed E-state index contributed by atoms with van der Waals surface area (Å²) >= 11 is 0. The third kappa shape index (κ3) is 3.23. The number of nitrogens with one attached hydrogen (secondary N) is 1. The molecule has 128 valence electrons. The molecular formula is C20H21N3O2. The first-order chi connectivity index (χ1) is 12.3. The molecule has 1 N–H and O–H groups in total. The molecule has 25 heavy (non-hydrogen) atoms. The number of hydrogen-bond acceptors (Lipinski definition) is 4. The minimum absolute atomic E-state index is 0.270. The van der Waals surface area contributed by atoms with Crippen LogP contribution in [0.3, 0.4) is 0 Å². The van der Waals surface area contributed by atoms with Crippen molar-refractivity contribution in [2.75, 3.05) is 13.7 Å². The van der Waals surface area contributed by atoms with Crippen molar-refractivity contribution in [3.8, 4) is 17.3 Å². The van der Waals surface area contributed by atoms with Gasteiger partial charge in [-0.1, -0.05) is 18.2 Å². The van der Waals surface area contributed by atoms with Gasteiger partial charge in [0.05, 0.1) is 7.11 Å². The molecular weight excluding hydrogens is 314 g/mol. The Morgan fingerprint density at radius 3 is 3.00 bits per heavy atom. The molecule has 1 aromatic carbocycles. The molecule has 0 saturated heterocycles. The van der Waals surface area contributed by atoms with Gasteiger partial charge in [-0.2, -0.15) is 0 Å². The molecule has 0 bridgehead atoms. The Kier molecular flexibility index (Phi) is 4.39. The number of methoxy groups -OCH3 is 1. The highest BCUT2D eigenvalue weighted by Crippen LogP contribution is 2.34. The summed E-state index contributed by atoms with van der Waals surface area (Å²) in [6.45, 7) is 1.40. The van der Waals surface area contributed by atoms with Crippen molar-refractivity contribution in [3.05, 3.63) is 72.2 Å². The SMILES string of the molecule is COc1cccc2c1OCC(NCc1cccn1-c1ccccn1)C2. The molecule has 1 aliphatic heterocycles. The maximum Gasteiger partial charge on any atom is 0.164 e. The monoisotopic (exact) mass is 335 g/mol. The summed E-state index contributed by atoms with van der Waals surface area (Å²) in [5.41, 5.74) is 2.36. The van der Waals surface area contributed by atoms with Crippen LogP contribution in [0.1, 0.15) is 11.3 Å². The van der Waals surface area contributed by atoms with Crippen LogP contribution in [0.5, 0.6) is 11.5 Å². The van der Waals surface area contributed by atoms with E-state index in [0.717, 1.165) is 30.3 Å². The van der Waals surface area contributed by atoms with Crippen LogP contribution in [0, 0.1) is 0 Å². The van der Waals surface area contributed by atoms with Gasteiger partial charge in [0.1, 0.15) is 12.4 Å². The third-order valence-corrected chi connectivity index (χ3v) is 4.48. The van der Waals surface area contributed by atoms with E-state index in [9.17, 15) is 0 Å². The van der Waals surface area contributed by atoms with Crippen LogP contribution in [-0.4, -0.2) is 29.3 Å². The lowest BCUT2D eigenvalue weighted by atomic mass is 10.0. The van der Waals surface area contributed by atoms with Crippen molar-refractivity contribution in [1.29, 1.82) is 0 Å². The molecule has 1 aliphatic rings. The normalized spacial score (nSPS) is 16.1. The van der Waals surface area contributed by atoms with Crippen LogP contribution in [0.15, 0.2) is 60.9 Å². The molecule has 5 heteroatoms. The van der Waals surface area contributed by atoms with Gasteiger partial charge in [-0.05, 0) is 42.3 Å². The Morgan fingerprint density at radius 2 is 2.16 bits per heavy atom. The fourth-order valence-electron chi connectivity index (χ4n) is 3.21. The number of para-hydroxylation sites is 1. The Labute approximate surface area is 147 Å². The molecule has 4 rings (SSSR count). The third-order valence-electron chi connectivity index (χ3n) is 4.48. The quantitative estimate of drug-likeness (QED) is 0.779. The van der Waals surface area contributed by atoms with Crippen molar-refractivity contribution in [2.24, 2.45) is 0 Å². The van der Waals surface area contributed by atoms with Crippen molar-refractivity contribution in [3.63, 3.8) is 0 Å². The molecule has 3 heterocycles. The van der Waals surface area contributed by atoms with Gasteiger partial charge in [0.25, 0.3) is 0 Å². The van der Waals surface area contributed by atoms with E-state index in [1.54, 1.807) is 7.11 Å². The van der Waals surface area contributed by atoms with Crippen molar-refractivity contribution in [1.82, 2.24) is 14.9 Å². The lowest BCUT2D eigenvalue weighted by molar-refractivity contribution is 0.226. The number of benzene rings is 1. The van der Waals surface area contributed by atoms with E-state index < -0.39 is 0 Å². The lowest BCUT2D eigenvalue weighted by Gasteiger charge is -2.27. The van der Waals surface area contributed by atoms with Gasteiger partial charge in [0.2, 0.25) is 0 Å². The molecule has 0 saturated carbocycles. The Balaban J connectivity index is 1.44. The standard InChI is InChI=1S/C20H21N3O2/c1-24-18-8-4-6-15-12-16(14-25-20(15)18)22-13-17-7-5-11-23(17)19-9-2-3-10-21-19/h2-11,16,22H,12-14H2,1H3. The number of rotatable bonds is 5. The molecule has 1 unspecified atom stereocenters. The molecule has 0 aliphatic carbocycles. The average molecular weight is 335 g/mol. The number of pyridine rings is 1. The summed E-state index contributed by atoms with van der Waals surface area (Å²) in [5.74, 6) is 2.61. The minimum Gasteiger partial charge on any atom is -0.493 e. The maximum absolute atomic E-state index is 5.94. The zero-order valence-electron chi connectivity index (χ0n) is 14.2. The van der Waals surface area contributed by atoms with Crippen molar-refractivity contribution >= 4 is 0 Å². The zero-order chi connectivity index (χ0) is 17.1. The molecule has 2 aromatic heterocycles. The van der Waals surface area contributed by atoms with Crippen molar-refractivity contribution in [2.45, 2.75) is 19.0 Å². The molecule has 3 aromatic rings. The van der Waals surface area contributed by atoms with E-state index >= 15 is 0 Å². The van der Waals surface area contributed by atoms with Crippen LogP contribution >= 0.6 is 0 Å². The smallest absolute Gasteiger partial charge is 0.164 e. The largest absolute Gasteiger partial charge is 0.493 e. The topological polar surface area (TPSA) is 48.3 Å². The first-order valence-corrected chi connectivity index (χ1v) is 8.45. The van der Waals surface area contributed by atoms with Gasteiger partial charge in [0, 0.05) is 30.7 Å². The Bertz CT molecular complexity index is 845. The van der Waals surface area contributed by atoms with Gasteiger partial charge < -0.3 is 19.4 Å². The summed E-state index contributed by atoms with van der Waals surface area (Å²) < 4.78 is 13.4. The maximum atomic E-state index is 5.94. The zero-order valence-corrected chi connectivity index (χ0v) is 14.2. The molecule has 5 nitrogen and oxygen atoms in total. The highest BCUT2D eigenvalue weighted by Gasteiger charge is 2.22. The second-order valence-electron chi connectivity index (χ2n) is 6.10. The van der Waals surface area contributed by atoms with Gasteiger partial charge in [0.15, 0.2) is 11.5 Å². The van der Waals surface area contributed by atoms with Gasteiger partial charge in [-0.15, -0.1) is 0 Å². The van der Waals surface area contributed by atoms with Crippen LogP contribution in [-0.2, 0) is 13.0 Å². The minimum atomic E-state index is 0.270. The van der Waals surface area contributed by atoms with E-state index in [1.165, 1.54) is 11.3 Å². The fourth-order valence-corrected chi connectivity index (χ4v) is 3.21. The number of hydrogen-bond donors (Lipinski definition) is 1. The van der Waals surface area contributed by atoms with E-state index in [0.29, 0.717) is 6.61 Å². The van der Waals surface area contributed by atoms with Gasteiger partial charge >= 0.3 is 0 Å². The number of nitrogens with zero attached hydrogens (tertiary/aromatic N) is 2. The first-order valence-electron chi connectivity index (χ1n) is 8.45. The van der Waals surface area contributed by atoms with Gasteiger partial charge in [-0.25, -0.2) is 4.98 Å². The Hall–Kier alpha value is -2.79. The summed E-state index contributed by atoms with van der Waals surface area (Å²) in [6.07, 6.45) is 4.78. The summed E-state index contributed by atoms with van der Waals surface area (Å²) in [5, 5.41) is 3.60.